The standard InChI is InChI=1S/C5H5.H2N.Ru/c1-2-4-5-3-1;;/h1-3H,4H2;1H2;/q2*-1;+2. The first-order chi connectivity index (χ1) is 2.50. The van der Waals surface area contributed by atoms with E-state index >= 15 is 0 Å². The third-order valence-electron chi connectivity index (χ3n) is 0.586. The molecule has 0 bridgehead atoms. The Kier molecular flexibility index (Phi) is 8.77. The average Bonchev–Trinajstić information content (AvgIpc) is 1.76. The molecule has 0 fully saturated rings. The van der Waals surface area contributed by atoms with Crippen LogP contribution in [0.4, 0.5) is 0 Å². The molecule has 40 valence electrons. The molecule has 0 unspecified atom stereocenters. The molecule has 0 heterocycles. The van der Waals surface area contributed by atoms with E-state index in [-0.39, 0.29) is 25.6 Å². The zero-order chi connectivity index (χ0) is 3.54. The number of rotatable bonds is 0. The van der Waals surface area contributed by atoms with Crippen LogP contribution in [0.1, 0.15) is 6.42 Å². The first-order valence-corrected chi connectivity index (χ1v) is 1.72. The van der Waals surface area contributed by atoms with E-state index in [9.17, 15) is 0 Å². The van der Waals surface area contributed by atoms with Crippen molar-refractivity contribution in [3.63, 3.8) is 0 Å². The molecule has 1 aliphatic carbocycles. The van der Waals surface area contributed by atoms with Gasteiger partial charge in [0.1, 0.15) is 0 Å². The fourth-order valence-electron chi connectivity index (χ4n) is 0.340. The Labute approximate surface area is 56.8 Å². The molecule has 1 aliphatic rings. The molecule has 2 N–H and O–H groups in total. The second kappa shape index (κ2) is 6.06. The van der Waals surface area contributed by atoms with Crippen LogP contribution in [0.25, 0.3) is 6.15 Å². The van der Waals surface area contributed by atoms with Gasteiger partial charge in [0.05, 0.1) is 0 Å². The van der Waals surface area contributed by atoms with Gasteiger partial charge in [0.25, 0.3) is 0 Å². The summed E-state index contributed by atoms with van der Waals surface area (Å²) in [5, 5.41) is 0. The molecule has 0 saturated heterocycles. The molecule has 0 aromatic rings. The summed E-state index contributed by atoms with van der Waals surface area (Å²) in [5.41, 5.74) is 0. The maximum Gasteiger partial charge on any atom is 2.00 e. The predicted molar refractivity (Wildman–Crippen MR) is 26.9 cm³/mol. The van der Waals surface area contributed by atoms with E-state index in [2.05, 4.69) is 12.2 Å². The van der Waals surface area contributed by atoms with Gasteiger partial charge in [-0.25, -0.2) is 12.2 Å². The van der Waals surface area contributed by atoms with E-state index in [1.165, 1.54) is 0 Å². The van der Waals surface area contributed by atoms with E-state index in [4.69, 9.17) is 0 Å². The number of hydrogen-bond acceptors (Lipinski definition) is 0. The zero-order valence-corrected chi connectivity index (χ0v) is 5.61. The summed E-state index contributed by atoms with van der Waals surface area (Å²) >= 11 is 0. The van der Waals surface area contributed by atoms with E-state index in [0.717, 1.165) is 6.42 Å². The Morgan fingerprint density at radius 1 is 1.43 bits per heavy atom. The van der Waals surface area contributed by atoms with Crippen molar-refractivity contribution in [3.05, 3.63) is 30.5 Å². The van der Waals surface area contributed by atoms with Crippen molar-refractivity contribution in [2.24, 2.45) is 0 Å². The zero-order valence-electron chi connectivity index (χ0n) is 3.87. The van der Waals surface area contributed by atoms with Gasteiger partial charge >= 0.3 is 19.5 Å². The van der Waals surface area contributed by atoms with Gasteiger partial charge in [0, 0.05) is 0 Å². The van der Waals surface area contributed by atoms with Crippen molar-refractivity contribution >= 4 is 0 Å². The second-order valence-corrected chi connectivity index (χ2v) is 1.00. The van der Waals surface area contributed by atoms with Gasteiger partial charge in [-0.15, -0.1) is 6.42 Å². The molecule has 0 spiro atoms. The van der Waals surface area contributed by atoms with E-state index in [1.54, 1.807) is 0 Å². The summed E-state index contributed by atoms with van der Waals surface area (Å²) in [6.07, 6.45) is 10.0. The Hall–Kier alpha value is 0.0634. The molecule has 1 nitrogen and oxygen atoms in total. The van der Waals surface area contributed by atoms with Gasteiger partial charge < -0.3 is 6.15 Å². The molecule has 1 rings (SSSR count). The van der Waals surface area contributed by atoms with Crippen LogP contribution in [-0.4, -0.2) is 0 Å². The Bertz CT molecular complexity index is 66.1. The van der Waals surface area contributed by atoms with Crippen LogP contribution < -0.4 is 0 Å². The van der Waals surface area contributed by atoms with Crippen molar-refractivity contribution in [2.75, 3.05) is 0 Å². The molecular weight excluding hydrogens is 175 g/mol. The van der Waals surface area contributed by atoms with E-state index < -0.39 is 0 Å². The van der Waals surface area contributed by atoms with Gasteiger partial charge in [-0.3, -0.25) is 6.08 Å². The van der Waals surface area contributed by atoms with Crippen LogP contribution in [0.5, 0.6) is 0 Å². The fraction of sp³-hybridized carbons (Fsp3) is 0.200. The summed E-state index contributed by atoms with van der Waals surface area (Å²) in [7, 11) is 0. The average molecular weight is 182 g/mol. The second-order valence-electron chi connectivity index (χ2n) is 1.00. The summed E-state index contributed by atoms with van der Waals surface area (Å²) in [4.78, 5) is 0. The van der Waals surface area contributed by atoms with E-state index in [0.29, 0.717) is 0 Å². The minimum absolute atomic E-state index is 0. The van der Waals surface area contributed by atoms with Gasteiger partial charge in [-0.2, -0.15) is 6.08 Å². The molecular formula is C5H7NRu. The Balaban J connectivity index is 0. The van der Waals surface area contributed by atoms with Crippen LogP contribution in [-0.2, 0) is 19.5 Å². The van der Waals surface area contributed by atoms with Gasteiger partial charge in [0.2, 0.25) is 0 Å². The summed E-state index contributed by atoms with van der Waals surface area (Å²) in [5.74, 6) is 0. The Morgan fingerprint density at radius 2 is 2.14 bits per heavy atom. The van der Waals surface area contributed by atoms with Gasteiger partial charge in [-0.1, -0.05) is 0 Å². The minimum atomic E-state index is 0. The molecule has 0 aromatic carbocycles. The minimum Gasteiger partial charge on any atom is -0.693 e. The molecule has 0 atom stereocenters. The van der Waals surface area contributed by atoms with Crippen LogP contribution in [0.3, 0.4) is 0 Å². The first-order valence-electron chi connectivity index (χ1n) is 1.72. The maximum atomic E-state index is 2.99. The van der Waals surface area contributed by atoms with E-state index in [1.807, 2.05) is 12.2 Å². The number of allylic oxidation sites excluding steroid dienone is 4. The third-order valence-corrected chi connectivity index (χ3v) is 0.586. The maximum absolute atomic E-state index is 2.99. The van der Waals surface area contributed by atoms with Crippen molar-refractivity contribution in [1.29, 1.82) is 0 Å². The topological polar surface area (TPSA) is 33.5 Å². The van der Waals surface area contributed by atoms with Crippen molar-refractivity contribution in [1.82, 2.24) is 0 Å². The molecule has 0 aromatic heterocycles. The monoisotopic (exact) mass is 183 g/mol. The summed E-state index contributed by atoms with van der Waals surface area (Å²) < 4.78 is 0. The molecule has 0 amide bonds. The fourth-order valence-corrected chi connectivity index (χ4v) is 0.340. The van der Waals surface area contributed by atoms with Gasteiger partial charge in [-0.05, 0) is 0 Å². The molecule has 0 saturated carbocycles. The smallest absolute Gasteiger partial charge is 0.693 e. The van der Waals surface area contributed by atoms with Crippen LogP contribution in [0.2, 0.25) is 0 Å². The number of nitrogens with two attached hydrogens (primary N) is 1. The van der Waals surface area contributed by atoms with Crippen molar-refractivity contribution in [3.8, 4) is 0 Å². The summed E-state index contributed by atoms with van der Waals surface area (Å²) in [6.45, 7) is 0. The largest absolute Gasteiger partial charge is 2.00 e. The molecule has 7 heavy (non-hydrogen) atoms. The summed E-state index contributed by atoms with van der Waals surface area (Å²) in [6, 6.07) is 0. The Morgan fingerprint density at radius 3 is 2.29 bits per heavy atom. The normalized spacial score (nSPS) is 12.6. The third kappa shape index (κ3) is 3.90. The molecule has 2 heteroatoms. The van der Waals surface area contributed by atoms with Crippen LogP contribution in [0.15, 0.2) is 18.2 Å². The molecule has 0 aliphatic heterocycles. The quantitative estimate of drug-likeness (QED) is 0.405. The number of hydrogen-bond donors (Lipinski definition) is 0. The first kappa shape index (κ1) is 10.1. The predicted octanol–water partition coefficient (Wildman–Crippen LogP) is 2.02. The van der Waals surface area contributed by atoms with Crippen molar-refractivity contribution < 1.29 is 19.5 Å². The van der Waals surface area contributed by atoms with Crippen molar-refractivity contribution in [2.45, 2.75) is 6.42 Å². The van der Waals surface area contributed by atoms with Gasteiger partial charge in [0.15, 0.2) is 0 Å². The molecule has 0 radical (unpaired) electrons. The SMILES string of the molecule is [C-]1=CC=CC1.[NH2-].[Ru+2]. The van der Waals surface area contributed by atoms with Crippen LogP contribution >= 0.6 is 0 Å². The van der Waals surface area contributed by atoms with Crippen LogP contribution in [0, 0.1) is 6.08 Å².